The number of hydrogen-bond acceptors (Lipinski definition) is 2. The number of carbonyl (C=O) groups excluding carboxylic acids is 1. The summed E-state index contributed by atoms with van der Waals surface area (Å²) in [5.41, 5.74) is 8.39. The van der Waals surface area contributed by atoms with Gasteiger partial charge in [-0.2, -0.15) is 0 Å². The van der Waals surface area contributed by atoms with Gasteiger partial charge < -0.3 is 10.6 Å². The molecule has 4 nitrogen and oxygen atoms in total. The van der Waals surface area contributed by atoms with E-state index >= 15 is 0 Å². The summed E-state index contributed by atoms with van der Waals surface area (Å²) >= 11 is 0. The van der Waals surface area contributed by atoms with Crippen LogP contribution in [0, 0.1) is 6.57 Å². The number of nitrogens with zero attached hydrogens (tertiary/aromatic N) is 2. The SMILES string of the molecule is [C-]#[N+]c1ccc2c(c1)[C@H](N)C[C@H](C)N2C(C)=O. The van der Waals surface area contributed by atoms with Gasteiger partial charge in [-0.25, -0.2) is 4.85 Å². The van der Waals surface area contributed by atoms with E-state index in [0.717, 1.165) is 17.7 Å². The Hall–Kier alpha value is -1.86. The molecule has 2 rings (SSSR count). The van der Waals surface area contributed by atoms with Crippen LogP contribution in [0.25, 0.3) is 4.85 Å². The van der Waals surface area contributed by atoms with Gasteiger partial charge in [0.05, 0.1) is 6.57 Å². The lowest BCUT2D eigenvalue weighted by Crippen LogP contribution is -2.43. The van der Waals surface area contributed by atoms with Crippen molar-refractivity contribution in [1.29, 1.82) is 0 Å². The van der Waals surface area contributed by atoms with Crippen LogP contribution in [0.5, 0.6) is 0 Å². The molecule has 0 radical (unpaired) electrons. The lowest BCUT2D eigenvalue weighted by molar-refractivity contribution is -0.117. The molecular formula is C13H15N3O. The monoisotopic (exact) mass is 229 g/mol. The van der Waals surface area contributed by atoms with Gasteiger partial charge in [0.15, 0.2) is 5.69 Å². The van der Waals surface area contributed by atoms with E-state index in [1.807, 2.05) is 13.0 Å². The molecule has 1 aromatic carbocycles. The van der Waals surface area contributed by atoms with Crippen LogP contribution >= 0.6 is 0 Å². The Morgan fingerprint density at radius 1 is 1.59 bits per heavy atom. The Morgan fingerprint density at radius 3 is 2.88 bits per heavy atom. The highest BCUT2D eigenvalue weighted by molar-refractivity contribution is 5.94. The smallest absolute Gasteiger partial charge is 0.224 e. The lowest BCUT2D eigenvalue weighted by atomic mass is 9.92. The first-order valence-electron chi connectivity index (χ1n) is 5.61. The molecule has 1 aliphatic rings. The first-order chi connectivity index (χ1) is 8.04. The molecule has 17 heavy (non-hydrogen) atoms. The number of rotatable bonds is 0. The Labute approximate surface area is 101 Å². The minimum atomic E-state index is -0.0997. The second kappa shape index (κ2) is 4.19. The summed E-state index contributed by atoms with van der Waals surface area (Å²) in [5.74, 6) is 0.0150. The zero-order chi connectivity index (χ0) is 12.6. The summed E-state index contributed by atoms with van der Waals surface area (Å²) in [6.07, 6.45) is 0.730. The van der Waals surface area contributed by atoms with Gasteiger partial charge in [-0.3, -0.25) is 4.79 Å². The average molecular weight is 229 g/mol. The quantitative estimate of drug-likeness (QED) is 0.694. The van der Waals surface area contributed by atoms with E-state index in [4.69, 9.17) is 12.3 Å². The maximum absolute atomic E-state index is 11.7. The standard InChI is InChI=1S/C13H15N3O/c1-8-6-12(14)11-7-10(15-3)4-5-13(11)16(8)9(2)17/h4-5,7-8,12H,6,14H2,1-2H3/t8-,12+/m0/s1. The molecule has 2 N–H and O–H groups in total. The predicted molar refractivity (Wildman–Crippen MR) is 66.9 cm³/mol. The van der Waals surface area contributed by atoms with Gasteiger partial charge >= 0.3 is 0 Å². The number of anilines is 1. The van der Waals surface area contributed by atoms with Crippen molar-refractivity contribution < 1.29 is 4.79 Å². The zero-order valence-corrected chi connectivity index (χ0v) is 9.97. The van der Waals surface area contributed by atoms with Crippen molar-refractivity contribution in [2.24, 2.45) is 5.73 Å². The summed E-state index contributed by atoms with van der Waals surface area (Å²) in [6.45, 7) is 10.6. The Kier molecular flexibility index (Phi) is 2.86. The van der Waals surface area contributed by atoms with Gasteiger partial charge in [0, 0.05) is 24.7 Å². The normalized spacial score (nSPS) is 22.8. The van der Waals surface area contributed by atoms with E-state index in [1.54, 1.807) is 24.0 Å². The van der Waals surface area contributed by atoms with Crippen LogP contribution in [0.15, 0.2) is 18.2 Å². The fraction of sp³-hybridized carbons (Fsp3) is 0.385. The molecule has 1 aromatic rings. The molecule has 0 unspecified atom stereocenters. The summed E-state index contributed by atoms with van der Waals surface area (Å²) in [6, 6.07) is 5.34. The number of benzene rings is 1. The topological polar surface area (TPSA) is 50.7 Å². The molecule has 0 aromatic heterocycles. The fourth-order valence-corrected chi connectivity index (χ4v) is 2.45. The van der Waals surface area contributed by atoms with Crippen molar-refractivity contribution in [1.82, 2.24) is 0 Å². The van der Waals surface area contributed by atoms with E-state index in [1.165, 1.54) is 0 Å². The van der Waals surface area contributed by atoms with Crippen molar-refractivity contribution in [2.75, 3.05) is 4.90 Å². The van der Waals surface area contributed by atoms with Gasteiger partial charge in [-0.15, -0.1) is 0 Å². The molecule has 0 bridgehead atoms. The van der Waals surface area contributed by atoms with Crippen molar-refractivity contribution in [3.8, 4) is 0 Å². The van der Waals surface area contributed by atoms with Crippen LogP contribution in [0.4, 0.5) is 11.4 Å². The predicted octanol–water partition coefficient (Wildman–Crippen LogP) is 2.38. The van der Waals surface area contributed by atoms with Crippen molar-refractivity contribution in [3.63, 3.8) is 0 Å². The van der Waals surface area contributed by atoms with Crippen LogP contribution in [0.1, 0.15) is 31.9 Å². The molecule has 0 saturated heterocycles. The summed E-state index contributed by atoms with van der Waals surface area (Å²) < 4.78 is 0. The third kappa shape index (κ3) is 1.90. The zero-order valence-electron chi connectivity index (χ0n) is 9.97. The lowest BCUT2D eigenvalue weighted by Gasteiger charge is -2.37. The molecule has 0 aliphatic carbocycles. The average Bonchev–Trinajstić information content (AvgIpc) is 2.28. The number of carbonyl (C=O) groups is 1. The molecule has 2 atom stereocenters. The van der Waals surface area contributed by atoms with E-state index < -0.39 is 0 Å². The molecule has 0 fully saturated rings. The van der Waals surface area contributed by atoms with Gasteiger partial charge in [-0.05, 0) is 31.0 Å². The van der Waals surface area contributed by atoms with E-state index in [2.05, 4.69) is 4.85 Å². The number of amides is 1. The van der Waals surface area contributed by atoms with E-state index in [0.29, 0.717) is 5.69 Å². The van der Waals surface area contributed by atoms with E-state index in [-0.39, 0.29) is 18.0 Å². The first-order valence-corrected chi connectivity index (χ1v) is 5.61. The third-order valence-electron chi connectivity index (χ3n) is 3.17. The highest BCUT2D eigenvalue weighted by atomic mass is 16.2. The van der Waals surface area contributed by atoms with Gasteiger partial charge in [-0.1, -0.05) is 6.07 Å². The number of hydrogen-bond donors (Lipinski definition) is 1. The largest absolute Gasteiger partial charge is 0.324 e. The fourth-order valence-electron chi connectivity index (χ4n) is 2.45. The molecule has 0 spiro atoms. The minimum Gasteiger partial charge on any atom is -0.324 e. The molecular weight excluding hydrogens is 214 g/mol. The highest BCUT2D eigenvalue weighted by Gasteiger charge is 2.30. The van der Waals surface area contributed by atoms with Crippen LogP contribution in [0.3, 0.4) is 0 Å². The number of fused-ring (bicyclic) bond motifs is 1. The summed E-state index contributed by atoms with van der Waals surface area (Å²) in [4.78, 5) is 16.8. The van der Waals surface area contributed by atoms with Gasteiger partial charge in [0.25, 0.3) is 0 Å². The maximum atomic E-state index is 11.7. The van der Waals surface area contributed by atoms with Gasteiger partial charge in [0.1, 0.15) is 0 Å². The van der Waals surface area contributed by atoms with Crippen LogP contribution in [-0.4, -0.2) is 11.9 Å². The van der Waals surface area contributed by atoms with Crippen LogP contribution in [0.2, 0.25) is 0 Å². The second-order valence-corrected chi connectivity index (χ2v) is 4.44. The van der Waals surface area contributed by atoms with Crippen LogP contribution < -0.4 is 10.6 Å². The summed E-state index contributed by atoms with van der Waals surface area (Å²) in [7, 11) is 0. The van der Waals surface area contributed by atoms with Crippen molar-refractivity contribution in [3.05, 3.63) is 35.2 Å². The molecule has 1 amide bonds. The number of nitrogens with two attached hydrogens (primary N) is 1. The molecule has 1 aliphatic heterocycles. The highest BCUT2D eigenvalue weighted by Crippen LogP contribution is 2.37. The minimum absolute atomic E-state index is 0.0150. The maximum Gasteiger partial charge on any atom is 0.224 e. The van der Waals surface area contributed by atoms with Crippen LogP contribution in [-0.2, 0) is 4.79 Å². The third-order valence-corrected chi connectivity index (χ3v) is 3.17. The Morgan fingerprint density at radius 2 is 2.29 bits per heavy atom. The molecule has 1 heterocycles. The molecule has 4 heteroatoms. The summed E-state index contributed by atoms with van der Waals surface area (Å²) in [5, 5.41) is 0. The van der Waals surface area contributed by atoms with Crippen molar-refractivity contribution in [2.45, 2.75) is 32.4 Å². The molecule has 88 valence electrons. The van der Waals surface area contributed by atoms with Crippen molar-refractivity contribution >= 4 is 17.3 Å². The second-order valence-electron chi connectivity index (χ2n) is 4.44. The Balaban J connectivity index is 2.56. The van der Waals surface area contributed by atoms with Gasteiger partial charge in [0.2, 0.25) is 5.91 Å². The van der Waals surface area contributed by atoms with E-state index in [9.17, 15) is 4.79 Å². The molecule has 0 saturated carbocycles. The first kappa shape index (κ1) is 11.6. The Bertz CT molecular complexity index is 504.